The van der Waals surface area contributed by atoms with Crippen LogP contribution in [0.15, 0.2) is 36.5 Å². The molecule has 0 saturated carbocycles. The van der Waals surface area contributed by atoms with Gasteiger partial charge in [-0.05, 0) is 18.6 Å². The van der Waals surface area contributed by atoms with Gasteiger partial charge in [-0.15, -0.1) is 0 Å². The summed E-state index contributed by atoms with van der Waals surface area (Å²) in [5.74, 6) is 0. The summed E-state index contributed by atoms with van der Waals surface area (Å²) in [4.78, 5) is 0. The van der Waals surface area contributed by atoms with Crippen LogP contribution in [-0.2, 0) is 7.05 Å². The number of aryl methyl sites for hydroxylation is 2. The maximum atomic E-state index is 4.36. The molecule has 1 aromatic carbocycles. The molecule has 0 aliphatic heterocycles. The van der Waals surface area contributed by atoms with Gasteiger partial charge in [0.2, 0.25) is 0 Å². The first-order valence-corrected chi connectivity index (χ1v) is 4.33. The number of aromatic nitrogens is 2. The van der Waals surface area contributed by atoms with Crippen LogP contribution in [0.1, 0.15) is 5.56 Å². The van der Waals surface area contributed by atoms with E-state index < -0.39 is 0 Å². The van der Waals surface area contributed by atoms with Gasteiger partial charge in [-0.1, -0.05) is 24.3 Å². The highest BCUT2D eigenvalue weighted by atomic mass is 15.2. The number of benzene rings is 1. The van der Waals surface area contributed by atoms with Crippen LogP contribution in [0.25, 0.3) is 11.3 Å². The maximum absolute atomic E-state index is 4.36. The summed E-state index contributed by atoms with van der Waals surface area (Å²) in [6, 6.07) is 10.3. The Labute approximate surface area is 77.8 Å². The first-order valence-electron chi connectivity index (χ1n) is 4.33. The van der Waals surface area contributed by atoms with E-state index in [0.29, 0.717) is 0 Å². The van der Waals surface area contributed by atoms with Gasteiger partial charge in [0, 0.05) is 18.8 Å². The molecule has 1 aromatic heterocycles. The SMILES string of the molecule is Cc1ccccc1-c1ccn(C)n1. The lowest BCUT2D eigenvalue weighted by Gasteiger charge is -2.00. The third-order valence-corrected chi connectivity index (χ3v) is 2.13. The molecule has 0 bridgehead atoms. The highest BCUT2D eigenvalue weighted by Crippen LogP contribution is 2.20. The highest BCUT2D eigenvalue weighted by Gasteiger charge is 2.02. The van der Waals surface area contributed by atoms with Crippen molar-refractivity contribution in [1.29, 1.82) is 0 Å². The zero-order valence-electron chi connectivity index (χ0n) is 7.86. The lowest BCUT2D eigenvalue weighted by Crippen LogP contribution is -1.88. The lowest BCUT2D eigenvalue weighted by atomic mass is 10.1. The van der Waals surface area contributed by atoms with Crippen molar-refractivity contribution < 1.29 is 0 Å². The second-order valence-corrected chi connectivity index (χ2v) is 3.19. The summed E-state index contributed by atoms with van der Waals surface area (Å²) < 4.78 is 1.82. The van der Waals surface area contributed by atoms with Crippen LogP contribution in [0.3, 0.4) is 0 Å². The Morgan fingerprint density at radius 2 is 1.92 bits per heavy atom. The van der Waals surface area contributed by atoms with Crippen molar-refractivity contribution in [2.75, 3.05) is 0 Å². The van der Waals surface area contributed by atoms with Crippen LogP contribution in [-0.4, -0.2) is 9.78 Å². The van der Waals surface area contributed by atoms with Crippen molar-refractivity contribution in [3.8, 4) is 11.3 Å². The third-order valence-electron chi connectivity index (χ3n) is 2.13. The first-order chi connectivity index (χ1) is 6.27. The molecule has 66 valence electrons. The second kappa shape index (κ2) is 3.05. The van der Waals surface area contributed by atoms with Crippen molar-refractivity contribution in [2.24, 2.45) is 7.05 Å². The van der Waals surface area contributed by atoms with Gasteiger partial charge in [0.15, 0.2) is 0 Å². The summed E-state index contributed by atoms with van der Waals surface area (Å²) in [6.45, 7) is 2.10. The fourth-order valence-corrected chi connectivity index (χ4v) is 1.42. The number of hydrogen-bond donors (Lipinski definition) is 0. The van der Waals surface area contributed by atoms with E-state index in [9.17, 15) is 0 Å². The van der Waals surface area contributed by atoms with Crippen molar-refractivity contribution in [3.05, 3.63) is 42.1 Å². The fraction of sp³-hybridized carbons (Fsp3) is 0.182. The van der Waals surface area contributed by atoms with Gasteiger partial charge in [-0.3, -0.25) is 4.68 Å². The van der Waals surface area contributed by atoms with Crippen LogP contribution >= 0.6 is 0 Å². The van der Waals surface area contributed by atoms with E-state index >= 15 is 0 Å². The summed E-state index contributed by atoms with van der Waals surface area (Å²) >= 11 is 0. The van der Waals surface area contributed by atoms with Crippen LogP contribution in [0.4, 0.5) is 0 Å². The van der Waals surface area contributed by atoms with Gasteiger partial charge in [0.1, 0.15) is 0 Å². The molecule has 13 heavy (non-hydrogen) atoms. The fourth-order valence-electron chi connectivity index (χ4n) is 1.42. The second-order valence-electron chi connectivity index (χ2n) is 3.19. The molecule has 0 aliphatic carbocycles. The first kappa shape index (κ1) is 8.05. The smallest absolute Gasteiger partial charge is 0.0925 e. The minimum atomic E-state index is 1.04. The van der Waals surface area contributed by atoms with Crippen molar-refractivity contribution >= 4 is 0 Å². The Hall–Kier alpha value is -1.57. The molecule has 0 aliphatic rings. The van der Waals surface area contributed by atoms with Crippen LogP contribution in [0, 0.1) is 6.92 Å². The molecule has 0 unspecified atom stereocenters. The minimum Gasteiger partial charge on any atom is -0.275 e. The molecule has 2 aromatic rings. The molecule has 0 radical (unpaired) electrons. The van der Waals surface area contributed by atoms with Gasteiger partial charge in [0.05, 0.1) is 5.69 Å². The van der Waals surface area contributed by atoms with E-state index in [1.165, 1.54) is 11.1 Å². The summed E-state index contributed by atoms with van der Waals surface area (Å²) in [5, 5.41) is 4.36. The normalized spacial score (nSPS) is 10.3. The molecule has 0 fully saturated rings. The maximum Gasteiger partial charge on any atom is 0.0925 e. The molecule has 1 heterocycles. The van der Waals surface area contributed by atoms with Crippen molar-refractivity contribution in [2.45, 2.75) is 6.92 Å². The number of nitrogens with zero attached hydrogens (tertiary/aromatic N) is 2. The molecular formula is C11H12N2. The van der Waals surface area contributed by atoms with Gasteiger partial charge < -0.3 is 0 Å². The predicted octanol–water partition coefficient (Wildman–Crippen LogP) is 2.40. The van der Waals surface area contributed by atoms with E-state index in [1.54, 1.807) is 0 Å². The average molecular weight is 172 g/mol. The van der Waals surface area contributed by atoms with Crippen molar-refractivity contribution in [3.63, 3.8) is 0 Å². The Morgan fingerprint density at radius 3 is 2.54 bits per heavy atom. The predicted molar refractivity (Wildman–Crippen MR) is 53.4 cm³/mol. The van der Waals surface area contributed by atoms with E-state index in [2.05, 4.69) is 24.2 Å². The third kappa shape index (κ3) is 1.47. The highest BCUT2D eigenvalue weighted by molar-refractivity contribution is 5.62. The van der Waals surface area contributed by atoms with Crippen LogP contribution in [0.5, 0.6) is 0 Å². The quantitative estimate of drug-likeness (QED) is 0.645. The number of hydrogen-bond acceptors (Lipinski definition) is 1. The summed E-state index contributed by atoms with van der Waals surface area (Å²) in [5.41, 5.74) is 3.52. The zero-order chi connectivity index (χ0) is 9.26. The van der Waals surface area contributed by atoms with E-state index in [0.717, 1.165) is 5.69 Å². The summed E-state index contributed by atoms with van der Waals surface area (Å²) in [6.07, 6.45) is 1.96. The Kier molecular flexibility index (Phi) is 1.89. The standard InChI is InChI=1S/C11H12N2/c1-9-5-3-4-6-10(9)11-7-8-13(2)12-11/h3-8H,1-2H3. The lowest BCUT2D eigenvalue weighted by molar-refractivity contribution is 0.771. The van der Waals surface area contributed by atoms with Gasteiger partial charge >= 0.3 is 0 Å². The molecule has 0 spiro atoms. The molecule has 0 atom stereocenters. The molecule has 0 N–H and O–H groups in total. The minimum absolute atomic E-state index is 1.04. The van der Waals surface area contributed by atoms with E-state index in [-0.39, 0.29) is 0 Å². The topological polar surface area (TPSA) is 17.8 Å². The number of rotatable bonds is 1. The average Bonchev–Trinajstić information content (AvgIpc) is 2.53. The van der Waals surface area contributed by atoms with Gasteiger partial charge in [-0.2, -0.15) is 5.10 Å². The summed E-state index contributed by atoms with van der Waals surface area (Å²) in [7, 11) is 1.93. The molecule has 0 saturated heterocycles. The molecule has 2 heteroatoms. The van der Waals surface area contributed by atoms with E-state index in [1.807, 2.05) is 36.1 Å². The van der Waals surface area contributed by atoms with Gasteiger partial charge in [0.25, 0.3) is 0 Å². The Morgan fingerprint density at radius 1 is 1.15 bits per heavy atom. The molecule has 2 nitrogen and oxygen atoms in total. The van der Waals surface area contributed by atoms with Crippen molar-refractivity contribution in [1.82, 2.24) is 9.78 Å². The molecule has 0 amide bonds. The van der Waals surface area contributed by atoms with Gasteiger partial charge in [-0.25, -0.2) is 0 Å². The van der Waals surface area contributed by atoms with E-state index in [4.69, 9.17) is 0 Å². The largest absolute Gasteiger partial charge is 0.275 e. The van der Waals surface area contributed by atoms with Crippen LogP contribution in [0.2, 0.25) is 0 Å². The molecular weight excluding hydrogens is 160 g/mol. The zero-order valence-corrected chi connectivity index (χ0v) is 7.86. The monoisotopic (exact) mass is 172 g/mol. The molecule has 2 rings (SSSR count). The van der Waals surface area contributed by atoms with Crippen LogP contribution < -0.4 is 0 Å². The Balaban J connectivity index is 2.52. The Bertz CT molecular complexity index is 416.